The second-order valence-electron chi connectivity index (χ2n) is 7.45. The summed E-state index contributed by atoms with van der Waals surface area (Å²) in [6.07, 6.45) is 0.684. The summed E-state index contributed by atoms with van der Waals surface area (Å²) in [7, 11) is 0. The Morgan fingerprint density at radius 2 is 1.79 bits per heavy atom. The van der Waals surface area contributed by atoms with Crippen LogP contribution in [0, 0.1) is 6.92 Å². The molecule has 7 nitrogen and oxygen atoms in total. The first kappa shape index (κ1) is 22.1. The molecule has 0 aliphatic carbocycles. The minimum absolute atomic E-state index is 0.0650. The molecule has 1 amide bonds. The molecule has 10 heteroatoms. The molecule has 1 N–H and O–H groups in total. The Balaban J connectivity index is 1.77. The molecule has 0 aliphatic heterocycles. The molecule has 0 bridgehead atoms. The van der Waals surface area contributed by atoms with Crippen LogP contribution in [-0.2, 0) is 6.18 Å². The van der Waals surface area contributed by atoms with Crippen molar-refractivity contribution in [1.29, 1.82) is 0 Å². The molecule has 1 unspecified atom stereocenters. The number of aromatic nitrogens is 5. The predicted octanol–water partition coefficient (Wildman–Crippen LogP) is 4.54. The van der Waals surface area contributed by atoms with E-state index in [2.05, 4.69) is 25.4 Å². The molecule has 0 spiro atoms. The highest BCUT2D eigenvalue weighted by atomic mass is 19.4. The molecule has 4 rings (SSSR count). The van der Waals surface area contributed by atoms with E-state index in [0.717, 1.165) is 17.5 Å². The summed E-state index contributed by atoms with van der Waals surface area (Å²) < 4.78 is 41.0. The van der Waals surface area contributed by atoms with Gasteiger partial charge in [-0.25, -0.2) is 9.67 Å². The Morgan fingerprint density at radius 3 is 2.45 bits per heavy atom. The molecule has 4 aromatic rings. The third kappa shape index (κ3) is 4.89. The molecule has 2 heterocycles. The number of rotatable bonds is 5. The fraction of sp³-hybridized carbons (Fsp3) is 0.174. The average molecular weight is 452 g/mol. The summed E-state index contributed by atoms with van der Waals surface area (Å²) in [6.45, 7) is 3.67. The van der Waals surface area contributed by atoms with E-state index in [9.17, 15) is 18.0 Å². The number of nitrogens with zero attached hydrogens (tertiary/aromatic N) is 5. The minimum Gasteiger partial charge on any atom is -0.344 e. The van der Waals surface area contributed by atoms with Crippen molar-refractivity contribution in [3.63, 3.8) is 0 Å². The quantitative estimate of drug-likeness (QED) is 0.481. The molecule has 168 valence electrons. The Labute approximate surface area is 187 Å². The van der Waals surface area contributed by atoms with E-state index in [0.29, 0.717) is 15.9 Å². The maximum atomic E-state index is 13.4. The van der Waals surface area contributed by atoms with Gasteiger partial charge in [-0.3, -0.25) is 14.8 Å². The molecular formula is C23H19F3N6O. The van der Waals surface area contributed by atoms with Gasteiger partial charge in [-0.2, -0.15) is 18.3 Å². The zero-order valence-corrected chi connectivity index (χ0v) is 17.7. The lowest BCUT2D eigenvalue weighted by Gasteiger charge is -2.16. The van der Waals surface area contributed by atoms with Crippen molar-refractivity contribution in [1.82, 2.24) is 30.0 Å². The Kier molecular flexibility index (Phi) is 5.91. The topological polar surface area (TPSA) is 85.6 Å². The lowest BCUT2D eigenvalue weighted by molar-refractivity contribution is -0.146. The largest absolute Gasteiger partial charge is 0.451 e. The third-order valence-corrected chi connectivity index (χ3v) is 4.99. The second-order valence-corrected chi connectivity index (χ2v) is 7.45. The summed E-state index contributed by atoms with van der Waals surface area (Å²) in [6, 6.07) is 11.5. The summed E-state index contributed by atoms with van der Waals surface area (Å²) in [4.78, 5) is 24.6. The molecule has 0 aliphatic rings. The van der Waals surface area contributed by atoms with Gasteiger partial charge in [-0.15, -0.1) is 0 Å². The van der Waals surface area contributed by atoms with Crippen molar-refractivity contribution in [2.24, 2.45) is 0 Å². The number of carbonyl (C=O) groups excluding carboxylic acids is 1. The van der Waals surface area contributed by atoms with Crippen LogP contribution >= 0.6 is 0 Å². The van der Waals surface area contributed by atoms with E-state index in [4.69, 9.17) is 0 Å². The van der Waals surface area contributed by atoms with E-state index in [1.807, 2.05) is 31.2 Å². The van der Waals surface area contributed by atoms with Gasteiger partial charge in [0, 0.05) is 18.0 Å². The SMILES string of the molecule is Cc1ccc(-c2cc(C(=O)NC(C)c3cnccn3)cc(-n3ncnc3C(F)(F)F)c2)cc1. The normalized spacial score (nSPS) is 12.4. The molecule has 1 atom stereocenters. The number of carbonyl (C=O) groups is 1. The highest BCUT2D eigenvalue weighted by Gasteiger charge is 2.37. The van der Waals surface area contributed by atoms with E-state index in [1.54, 1.807) is 13.0 Å². The van der Waals surface area contributed by atoms with Gasteiger partial charge in [-0.05, 0) is 43.2 Å². The zero-order valence-electron chi connectivity index (χ0n) is 17.7. The summed E-state index contributed by atoms with van der Waals surface area (Å²) in [5, 5.41) is 6.56. The first-order valence-electron chi connectivity index (χ1n) is 9.99. The van der Waals surface area contributed by atoms with Crippen LogP contribution in [-0.4, -0.2) is 30.6 Å². The van der Waals surface area contributed by atoms with E-state index in [1.165, 1.54) is 30.7 Å². The molecule has 0 radical (unpaired) electrons. The maximum Gasteiger partial charge on any atom is 0.451 e. The number of hydrogen-bond acceptors (Lipinski definition) is 5. The number of benzene rings is 2. The van der Waals surface area contributed by atoms with Crippen LogP contribution in [0.2, 0.25) is 0 Å². The molecule has 2 aromatic carbocycles. The maximum absolute atomic E-state index is 13.4. The predicted molar refractivity (Wildman–Crippen MR) is 114 cm³/mol. The van der Waals surface area contributed by atoms with Gasteiger partial charge in [0.05, 0.1) is 23.6 Å². The average Bonchev–Trinajstić information content (AvgIpc) is 3.31. The molecule has 0 saturated heterocycles. The number of aryl methyl sites for hydroxylation is 1. The van der Waals surface area contributed by atoms with Gasteiger partial charge in [0.15, 0.2) is 0 Å². The highest BCUT2D eigenvalue weighted by Crippen LogP contribution is 2.31. The van der Waals surface area contributed by atoms with Crippen molar-refractivity contribution >= 4 is 5.91 Å². The zero-order chi connectivity index (χ0) is 23.6. The van der Waals surface area contributed by atoms with E-state index < -0.39 is 23.9 Å². The molecule has 33 heavy (non-hydrogen) atoms. The smallest absolute Gasteiger partial charge is 0.344 e. The van der Waals surface area contributed by atoms with Gasteiger partial charge < -0.3 is 5.32 Å². The number of hydrogen-bond donors (Lipinski definition) is 1. The van der Waals surface area contributed by atoms with Crippen molar-refractivity contribution in [3.8, 4) is 16.8 Å². The van der Waals surface area contributed by atoms with Crippen LogP contribution in [0.25, 0.3) is 16.8 Å². The van der Waals surface area contributed by atoms with Crippen molar-refractivity contribution in [2.75, 3.05) is 0 Å². The van der Waals surface area contributed by atoms with Crippen molar-refractivity contribution < 1.29 is 18.0 Å². The van der Waals surface area contributed by atoms with Crippen LogP contribution in [0.15, 0.2) is 67.4 Å². The van der Waals surface area contributed by atoms with Crippen LogP contribution in [0.5, 0.6) is 0 Å². The summed E-state index contributed by atoms with van der Waals surface area (Å²) in [5.41, 5.74) is 3.12. The van der Waals surface area contributed by atoms with Gasteiger partial charge in [0.25, 0.3) is 5.91 Å². The number of amides is 1. The molecule has 0 fully saturated rings. The van der Waals surface area contributed by atoms with E-state index >= 15 is 0 Å². The lowest BCUT2D eigenvalue weighted by Crippen LogP contribution is -2.27. The lowest BCUT2D eigenvalue weighted by atomic mass is 10.0. The number of halogens is 3. The monoisotopic (exact) mass is 452 g/mol. The number of alkyl halides is 3. The van der Waals surface area contributed by atoms with Crippen LogP contribution in [0.3, 0.4) is 0 Å². The van der Waals surface area contributed by atoms with Gasteiger partial charge in [0.1, 0.15) is 6.33 Å². The fourth-order valence-electron chi connectivity index (χ4n) is 3.29. The number of nitrogens with one attached hydrogen (secondary N) is 1. The minimum atomic E-state index is -4.71. The Bertz CT molecular complexity index is 1270. The standard InChI is InChI=1S/C23H19F3N6O/c1-14-3-5-16(6-4-14)17-9-18(21(33)31-15(2)20-12-27-7-8-28-20)11-19(10-17)32-22(23(24,25)26)29-13-30-32/h3-13,15H,1-2H3,(H,31,33). The van der Waals surface area contributed by atoms with Crippen molar-refractivity contribution in [2.45, 2.75) is 26.1 Å². The summed E-state index contributed by atoms with van der Waals surface area (Å²) >= 11 is 0. The van der Waals surface area contributed by atoms with Gasteiger partial charge in [0.2, 0.25) is 5.82 Å². The van der Waals surface area contributed by atoms with Crippen molar-refractivity contribution in [3.05, 3.63) is 90.0 Å². The third-order valence-electron chi connectivity index (χ3n) is 4.99. The van der Waals surface area contributed by atoms with Crippen LogP contribution in [0.1, 0.15) is 40.4 Å². The Hall–Kier alpha value is -4.08. The first-order chi connectivity index (χ1) is 15.7. The fourth-order valence-corrected chi connectivity index (χ4v) is 3.29. The molecule has 2 aromatic heterocycles. The summed E-state index contributed by atoms with van der Waals surface area (Å²) in [5.74, 6) is -1.65. The van der Waals surface area contributed by atoms with Gasteiger partial charge >= 0.3 is 6.18 Å². The first-order valence-corrected chi connectivity index (χ1v) is 9.99. The second kappa shape index (κ2) is 8.81. The molecule has 0 saturated carbocycles. The van der Waals surface area contributed by atoms with Gasteiger partial charge in [-0.1, -0.05) is 29.8 Å². The highest BCUT2D eigenvalue weighted by molar-refractivity contribution is 5.96. The van der Waals surface area contributed by atoms with E-state index in [-0.39, 0.29) is 11.3 Å². The van der Waals surface area contributed by atoms with Crippen LogP contribution < -0.4 is 5.32 Å². The molecular weight excluding hydrogens is 433 g/mol. The Morgan fingerprint density at radius 1 is 1.03 bits per heavy atom. The van der Waals surface area contributed by atoms with Crippen LogP contribution in [0.4, 0.5) is 13.2 Å².